The van der Waals surface area contributed by atoms with E-state index in [-0.39, 0.29) is 23.6 Å². The molecule has 3 heterocycles. The number of morpholine rings is 1. The molecule has 168 valence electrons. The highest BCUT2D eigenvalue weighted by molar-refractivity contribution is 7.96. The second-order valence-electron chi connectivity index (χ2n) is 8.86. The smallest absolute Gasteiger partial charge is 0.279 e. The van der Waals surface area contributed by atoms with Crippen LogP contribution in [0.25, 0.3) is 6.08 Å². The number of hydrogen-bond donors (Lipinski definition) is 1. The highest BCUT2D eigenvalue weighted by Gasteiger charge is 2.47. The number of carbonyl (C=O) groups excluding carboxylic acids is 2. The van der Waals surface area contributed by atoms with Crippen LogP contribution in [-0.2, 0) is 16.0 Å². The molecular formula is C25H29N3O3S. The zero-order valence-electron chi connectivity index (χ0n) is 18.5. The quantitative estimate of drug-likeness (QED) is 0.565. The normalized spacial score (nSPS) is 22.3. The molecule has 0 saturated carbocycles. The molecule has 4 rings (SSSR count). The van der Waals surface area contributed by atoms with Crippen LogP contribution in [0.3, 0.4) is 0 Å². The van der Waals surface area contributed by atoms with Crippen LogP contribution in [0.15, 0.2) is 54.1 Å². The molecule has 1 atom stereocenters. The van der Waals surface area contributed by atoms with Gasteiger partial charge in [-0.1, -0.05) is 62.9 Å². The van der Waals surface area contributed by atoms with E-state index in [2.05, 4.69) is 17.5 Å². The summed E-state index contributed by atoms with van der Waals surface area (Å²) in [6.07, 6.45) is 2.42. The summed E-state index contributed by atoms with van der Waals surface area (Å²) in [5, 5.41) is -0.326. The lowest BCUT2D eigenvalue weighted by Crippen LogP contribution is -2.57. The lowest BCUT2D eigenvalue weighted by molar-refractivity contribution is -0.128. The average Bonchev–Trinajstić information content (AvgIpc) is 2.80. The summed E-state index contributed by atoms with van der Waals surface area (Å²) in [6, 6.07) is 15.5. The zero-order valence-corrected chi connectivity index (χ0v) is 19.4. The van der Waals surface area contributed by atoms with Crippen LogP contribution in [0, 0.1) is 5.41 Å². The van der Waals surface area contributed by atoms with E-state index in [0.29, 0.717) is 30.9 Å². The Morgan fingerprint density at radius 3 is 2.56 bits per heavy atom. The summed E-state index contributed by atoms with van der Waals surface area (Å²) < 4.78 is 5.43. The molecule has 0 spiro atoms. The first-order valence-corrected chi connectivity index (χ1v) is 11.4. The van der Waals surface area contributed by atoms with E-state index in [4.69, 9.17) is 9.72 Å². The Morgan fingerprint density at radius 2 is 1.88 bits per heavy atom. The molecule has 0 N–H and O–H groups in total. The topological polar surface area (TPSA) is 62.7 Å². The number of piperidine rings is 1. The maximum absolute atomic E-state index is 13.5. The van der Waals surface area contributed by atoms with Crippen LogP contribution in [0.1, 0.15) is 25.1 Å². The van der Waals surface area contributed by atoms with Gasteiger partial charge in [0.15, 0.2) is 5.78 Å². The summed E-state index contributed by atoms with van der Waals surface area (Å²) in [5.74, 6) is 0.914. The number of aromatic nitrogens is 1. The number of rotatable bonds is 4. The van der Waals surface area contributed by atoms with E-state index in [9.17, 15) is 9.59 Å². The van der Waals surface area contributed by atoms with Crippen LogP contribution in [0.5, 0.6) is 0 Å². The number of thiol groups is 1. The van der Waals surface area contributed by atoms with E-state index in [1.807, 2.05) is 68.5 Å². The van der Waals surface area contributed by atoms with Gasteiger partial charge in [0.25, 0.3) is 5.24 Å². The summed E-state index contributed by atoms with van der Waals surface area (Å²) in [7, 11) is 0. The molecule has 1 unspecified atom stereocenters. The van der Waals surface area contributed by atoms with E-state index >= 15 is 0 Å². The van der Waals surface area contributed by atoms with Gasteiger partial charge in [0, 0.05) is 30.1 Å². The molecule has 6 nitrogen and oxygen atoms in total. The SMILES string of the molecule is CC1(C)C(=O)/C(=C/c2cccc(N3CCOCC3)n2)CN(C(=O)S)C1Cc1ccccc1. The molecule has 7 heteroatoms. The molecule has 2 aliphatic heterocycles. The first kappa shape index (κ1) is 22.6. The molecule has 0 aliphatic carbocycles. The minimum Gasteiger partial charge on any atom is -0.378 e. The fourth-order valence-electron chi connectivity index (χ4n) is 4.50. The molecule has 2 aromatic rings. The summed E-state index contributed by atoms with van der Waals surface area (Å²) in [5.41, 5.74) is 1.62. The van der Waals surface area contributed by atoms with Gasteiger partial charge in [-0.2, -0.15) is 0 Å². The Morgan fingerprint density at radius 1 is 1.16 bits per heavy atom. The molecule has 2 saturated heterocycles. The summed E-state index contributed by atoms with van der Waals surface area (Å²) in [6.45, 7) is 7.01. The fourth-order valence-corrected chi connectivity index (χ4v) is 4.71. The molecule has 2 fully saturated rings. The maximum atomic E-state index is 13.5. The van der Waals surface area contributed by atoms with E-state index in [1.54, 1.807) is 4.90 Å². The van der Waals surface area contributed by atoms with Gasteiger partial charge in [-0.3, -0.25) is 9.59 Å². The van der Waals surface area contributed by atoms with Gasteiger partial charge in [0.2, 0.25) is 0 Å². The molecule has 1 aromatic carbocycles. The Bertz CT molecular complexity index is 1020. The number of amides is 1. The second kappa shape index (κ2) is 9.46. The van der Waals surface area contributed by atoms with Crippen molar-refractivity contribution in [3.8, 4) is 0 Å². The van der Waals surface area contributed by atoms with Crippen molar-refractivity contribution in [3.63, 3.8) is 0 Å². The van der Waals surface area contributed by atoms with Crippen LogP contribution in [0.4, 0.5) is 10.6 Å². The second-order valence-corrected chi connectivity index (χ2v) is 9.24. The molecule has 2 aliphatic rings. The maximum Gasteiger partial charge on any atom is 0.279 e. The third-order valence-corrected chi connectivity index (χ3v) is 6.61. The predicted octanol–water partition coefficient (Wildman–Crippen LogP) is 3.87. The first-order chi connectivity index (χ1) is 15.4. The highest BCUT2D eigenvalue weighted by atomic mass is 32.1. The number of ketones is 1. The van der Waals surface area contributed by atoms with Gasteiger partial charge in [0.05, 0.1) is 25.5 Å². The molecule has 0 radical (unpaired) electrons. The van der Waals surface area contributed by atoms with E-state index < -0.39 is 5.41 Å². The standard InChI is InChI=1S/C25H29N3O3S/c1-25(2)21(15-18-7-4-3-5-8-18)28(24(30)32)17-19(23(25)29)16-20-9-6-10-22(26-20)27-11-13-31-14-12-27/h3-10,16,21H,11-15,17H2,1-2H3,(H,30,32)/b19-16+. The van der Waals surface area contributed by atoms with Crippen LogP contribution < -0.4 is 4.90 Å². The number of Topliss-reactive ketones (excluding diaryl/α,β-unsaturated/α-hetero) is 1. The highest BCUT2D eigenvalue weighted by Crippen LogP contribution is 2.38. The van der Waals surface area contributed by atoms with Crippen LogP contribution >= 0.6 is 12.6 Å². The number of likely N-dealkylation sites (tertiary alicyclic amines) is 1. The third-order valence-electron chi connectivity index (χ3n) is 6.36. The van der Waals surface area contributed by atoms with Gasteiger partial charge in [0.1, 0.15) is 5.82 Å². The average molecular weight is 452 g/mol. The number of carbonyl (C=O) groups is 2. The van der Waals surface area contributed by atoms with Gasteiger partial charge >= 0.3 is 0 Å². The van der Waals surface area contributed by atoms with Crippen LogP contribution in [-0.4, -0.2) is 59.8 Å². The zero-order chi connectivity index (χ0) is 22.7. The van der Waals surface area contributed by atoms with Crippen molar-refractivity contribution in [2.75, 3.05) is 37.7 Å². The van der Waals surface area contributed by atoms with E-state index in [0.717, 1.165) is 24.5 Å². The minimum absolute atomic E-state index is 0.0443. The Balaban J connectivity index is 1.63. The number of ether oxygens (including phenoxy) is 1. The third kappa shape index (κ3) is 4.74. The minimum atomic E-state index is -0.750. The monoisotopic (exact) mass is 451 g/mol. The fraction of sp³-hybridized carbons (Fsp3) is 0.400. The van der Waals surface area contributed by atoms with Crippen molar-refractivity contribution < 1.29 is 14.3 Å². The largest absolute Gasteiger partial charge is 0.378 e. The van der Waals surface area contributed by atoms with Crippen LogP contribution in [0.2, 0.25) is 0 Å². The molecule has 32 heavy (non-hydrogen) atoms. The van der Waals surface area contributed by atoms with Crippen molar-refractivity contribution in [2.24, 2.45) is 5.41 Å². The molecular weight excluding hydrogens is 422 g/mol. The Kier molecular flexibility index (Phi) is 6.67. The lowest BCUT2D eigenvalue weighted by Gasteiger charge is -2.45. The van der Waals surface area contributed by atoms with Crippen molar-refractivity contribution in [2.45, 2.75) is 26.3 Å². The molecule has 1 amide bonds. The summed E-state index contributed by atoms with van der Waals surface area (Å²) >= 11 is 4.14. The van der Waals surface area contributed by atoms with E-state index in [1.165, 1.54) is 0 Å². The van der Waals surface area contributed by atoms with Gasteiger partial charge in [-0.25, -0.2) is 4.98 Å². The summed E-state index contributed by atoms with van der Waals surface area (Å²) in [4.78, 5) is 34.6. The molecule has 1 aromatic heterocycles. The predicted molar refractivity (Wildman–Crippen MR) is 129 cm³/mol. The van der Waals surface area contributed by atoms with Gasteiger partial charge in [-0.05, 0) is 30.2 Å². The number of pyridine rings is 1. The van der Waals surface area contributed by atoms with Crippen molar-refractivity contribution >= 4 is 35.5 Å². The lowest BCUT2D eigenvalue weighted by atomic mass is 9.71. The number of anilines is 1. The van der Waals surface area contributed by atoms with Crippen molar-refractivity contribution in [1.29, 1.82) is 0 Å². The Hall–Kier alpha value is -2.64. The first-order valence-electron chi connectivity index (χ1n) is 10.9. The van der Waals surface area contributed by atoms with Crippen molar-refractivity contribution in [1.82, 2.24) is 9.88 Å². The molecule has 0 bridgehead atoms. The number of hydrogen-bond acceptors (Lipinski definition) is 5. The number of nitrogens with zero attached hydrogens (tertiary/aromatic N) is 3. The van der Waals surface area contributed by atoms with Gasteiger partial charge in [-0.15, -0.1) is 0 Å². The van der Waals surface area contributed by atoms with Gasteiger partial charge < -0.3 is 14.5 Å². The number of benzene rings is 1. The van der Waals surface area contributed by atoms with Crippen molar-refractivity contribution in [3.05, 3.63) is 65.4 Å². The Labute approximate surface area is 194 Å².